The fourth-order valence-corrected chi connectivity index (χ4v) is 4.65. The molecule has 152 valence electrons. The minimum absolute atomic E-state index is 0.0353. The van der Waals surface area contributed by atoms with Crippen LogP contribution in [0.25, 0.3) is 10.9 Å². The highest BCUT2D eigenvalue weighted by Gasteiger charge is 2.37. The van der Waals surface area contributed by atoms with Gasteiger partial charge in [-0.2, -0.15) is 0 Å². The highest BCUT2D eigenvalue weighted by Crippen LogP contribution is 2.29. The Labute approximate surface area is 173 Å². The number of benzene rings is 1. The monoisotopic (exact) mass is 450 g/mol. The summed E-state index contributed by atoms with van der Waals surface area (Å²) in [4.78, 5) is 33.1. The van der Waals surface area contributed by atoms with Gasteiger partial charge in [-0.3, -0.25) is 14.3 Å². The number of amides is 1. The van der Waals surface area contributed by atoms with Crippen LogP contribution in [0.5, 0.6) is 0 Å². The first-order chi connectivity index (χ1) is 13.2. The van der Waals surface area contributed by atoms with E-state index in [1.807, 2.05) is 26.0 Å². The molecule has 1 fully saturated rings. The number of piperazine rings is 1. The number of hydrogen-bond acceptors (Lipinski definition) is 4. The molecule has 1 N–H and O–H groups in total. The van der Waals surface area contributed by atoms with Crippen LogP contribution in [0.15, 0.2) is 27.5 Å². The predicted octanol–water partition coefficient (Wildman–Crippen LogP) is 3.61. The van der Waals surface area contributed by atoms with Crippen molar-refractivity contribution in [3.8, 4) is 0 Å². The van der Waals surface area contributed by atoms with Gasteiger partial charge in [0.15, 0.2) is 0 Å². The molecule has 0 bridgehead atoms. The van der Waals surface area contributed by atoms with E-state index < -0.39 is 6.09 Å². The summed E-state index contributed by atoms with van der Waals surface area (Å²) in [6.45, 7) is 7.22. The molecule has 1 amide bonds. The van der Waals surface area contributed by atoms with Crippen LogP contribution < -0.4 is 5.56 Å². The van der Waals surface area contributed by atoms with E-state index >= 15 is 0 Å². The number of hydrogen-bond donors (Lipinski definition) is 1. The summed E-state index contributed by atoms with van der Waals surface area (Å²) in [6, 6.07) is 5.25. The Hall–Kier alpha value is -1.93. The van der Waals surface area contributed by atoms with E-state index in [9.17, 15) is 14.7 Å². The van der Waals surface area contributed by atoms with E-state index in [-0.39, 0.29) is 23.7 Å². The number of aromatic nitrogens is 2. The van der Waals surface area contributed by atoms with E-state index in [2.05, 4.69) is 27.8 Å². The van der Waals surface area contributed by atoms with Gasteiger partial charge >= 0.3 is 6.09 Å². The molecule has 3 unspecified atom stereocenters. The number of carboxylic acid groups (broad SMARTS) is 1. The molecule has 28 heavy (non-hydrogen) atoms. The molecule has 0 aliphatic carbocycles. The molecule has 1 saturated heterocycles. The summed E-state index contributed by atoms with van der Waals surface area (Å²) in [6.07, 6.45) is 0.915. The largest absolute Gasteiger partial charge is 0.465 e. The lowest BCUT2D eigenvalue weighted by Crippen LogP contribution is -2.59. The summed E-state index contributed by atoms with van der Waals surface area (Å²) < 4.78 is 2.53. The second-order valence-corrected chi connectivity index (χ2v) is 8.56. The van der Waals surface area contributed by atoms with Gasteiger partial charge in [-0.05, 0) is 38.5 Å². The van der Waals surface area contributed by atoms with Crippen molar-refractivity contribution in [1.29, 1.82) is 0 Å². The van der Waals surface area contributed by atoms with Crippen molar-refractivity contribution in [3.63, 3.8) is 0 Å². The summed E-state index contributed by atoms with van der Waals surface area (Å²) >= 11 is 3.46. The van der Waals surface area contributed by atoms with Crippen LogP contribution in [0, 0.1) is 0 Å². The second kappa shape index (κ2) is 8.21. The molecule has 3 atom stereocenters. The highest BCUT2D eigenvalue weighted by atomic mass is 79.9. The zero-order chi connectivity index (χ0) is 20.6. The Morgan fingerprint density at radius 3 is 2.54 bits per heavy atom. The van der Waals surface area contributed by atoms with E-state index in [1.165, 1.54) is 4.90 Å². The maximum absolute atomic E-state index is 12.9. The average Bonchev–Trinajstić information content (AvgIpc) is 2.61. The molecule has 0 radical (unpaired) electrons. The smallest absolute Gasteiger partial charge is 0.407 e. The lowest BCUT2D eigenvalue weighted by molar-refractivity contribution is 0.0172. The Morgan fingerprint density at radius 1 is 1.32 bits per heavy atom. The zero-order valence-electron chi connectivity index (χ0n) is 16.7. The van der Waals surface area contributed by atoms with Crippen LogP contribution >= 0.6 is 15.9 Å². The van der Waals surface area contributed by atoms with Crippen molar-refractivity contribution in [2.45, 2.75) is 51.7 Å². The lowest BCUT2D eigenvalue weighted by Gasteiger charge is -2.45. The van der Waals surface area contributed by atoms with Gasteiger partial charge < -0.3 is 10.0 Å². The van der Waals surface area contributed by atoms with Gasteiger partial charge in [0.05, 0.1) is 16.9 Å². The third kappa shape index (κ3) is 3.80. The van der Waals surface area contributed by atoms with Crippen molar-refractivity contribution in [2.75, 3.05) is 13.1 Å². The SMILES string of the molecule is CCCC(c1nc2cc(Br)ccc2c(=O)n1C)N1CC(C)N(C(=O)O)C(C)C1. The maximum Gasteiger partial charge on any atom is 0.407 e. The van der Waals surface area contributed by atoms with Gasteiger partial charge in [-0.15, -0.1) is 0 Å². The van der Waals surface area contributed by atoms with Crippen LogP contribution in [0.2, 0.25) is 0 Å². The van der Waals surface area contributed by atoms with Gasteiger partial charge in [-0.25, -0.2) is 9.78 Å². The highest BCUT2D eigenvalue weighted by molar-refractivity contribution is 9.10. The molecule has 0 saturated carbocycles. The van der Waals surface area contributed by atoms with Crippen LogP contribution in [0.1, 0.15) is 45.5 Å². The first-order valence-corrected chi connectivity index (χ1v) is 10.4. The molecule has 0 spiro atoms. The third-order valence-corrected chi connectivity index (χ3v) is 6.04. The van der Waals surface area contributed by atoms with E-state index in [4.69, 9.17) is 4.98 Å². The van der Waals surface area contributed by atoms with Crippen LogP contribution in [0.3, 0.4) is 0 Å². The fourth-order valence-electron chi connectivity index (χ4n) is 4.30. The van der Waals surface area contributed by atoms with Crippen molar-refractivity contribution in [2.24, 2.45) is 7.05 Å². The number of rotatable bonds is 4. The van der Waals surface area contributed by atoms with E-state index in [1.54, 1.807) is 17.7 Å². The molecular formula is C20H27BrN4O3. The molecule has 2 aromatic rings. The minimum Gasteiger partial charge on any atom is -0.465 e. The summed E-state index contributed by atoms with van der Waals surface area (Å²) in [5.41, 5.74) is 0.623. The molecule has 7 nitrogen and oxygen atoms in total. The summed E-state index contributed by atoms with van der Waals surface area (Å²) in [7, 11) is 1.77. The van der Waals surface area contributed by atoms with E-state index in [0.29, 0.717) is 24.0 Å². The van der Waals surface area contributed by atoms with Crippen LogP contribution in [-0.4, -0.2) is 55.7 Å². The topological polar surface area (TPSA) is 78.7 Å². The predicted molar refractivity (Wildman–Crippen MR) is 113 cm³/mol. The molecule has 1 aliphatic rings. The summed E-state index contributed by atoms with van der Waals surface area (Å²) in [5.74, 6) is 0.737. The molecule has 1 aromatic heterocycles. The number of nitrogens with zero attached hydrogens (tertiary/aromatic N) is 4. The molecular weight excluding hydrogens is 424 g/mol. The maximum atomic E-state index is 12.9. The van der Waals surface area contributed by atoms with E-state index in [0.717, 1.165) is 23.1 Å². The first-order valence-electron chi connectivity index (χ1n) is 9.66. The molecule has 1 aliphatic heterocycles. The van der Waals surface area contributed by atoms with Crippen molar-refractivity contribution < 1.29 is 9.90 Å². The number of carbonyl (C=O) groups is 1. The molecule has 8 heteroatoms. The lowest BCUT2D eigenvalue weighted by atomic mass is 10.0. The minimum atomic E-state index is -0.882. The Kier molecular flexibility index (Phi) is 6.09. The standard InChI is InChI=1S/C20H27BrN4O3/c1-5-6-17(24-10-12(2)25(20(27)28)13(3)11-24)18-22-16-9-14(21)7-8-15(16)19(26)23(18)4/h7-9,12-13,17H,5-6,10-11H2,1-4H3,(H,27,28). The molecule has 3 rings (SSSR count). The quantitative estimate of drug-likeness (QED) is 0.769. The van der Waals surface area contributed by atoms with Crippen LogP contribution in [-0.2, 0) is 7.05 Å². The molecule has 1 aromatic carbocycles. The van der Waals surface area contributed by atoms with Gasteiger partial charge in [-0.1, -0.05) is 29.3 Å². The number of halogens is 1. The third-order valence-electron chi connectivity index (χ3n) is 5.54. The number of fused-ring (bicyclic) bond motifs is 1. The van der Waals surface area contributed by atoms with Crippen molar-refractivity contribution >= 4 is 32.9 Å². The van der Waals surface area contributed by atoms with Gasteiger partial charge in [0.2, 0.25) is 0 Å². The van der Waals surface area contributed by atoms with Crippen LogP contribution in [0.4, 0.5) is 4.79 Å². The second-order valence-electron chi connectivity index (χ2n) is 7.64. The Balaban J connectivity index is 2.04. The van der Waals surface area contributed by atoms with Gasteiger partial charge in [0.1, 0.15) is 5.82 Å². The summed E-state index contributed by atoms with van der Waals surface area (Å²) in [5, 5.41) is 10.1. The van der Waals surface area contributed by atoms with Gasteiger partial charge in [0.25, 0.3) is 5.56 Å². The Bertz CT molecular complexity index is 933. The first kappa shape index (κ1) is 20.8. The van der Waals surface area contributed by atoms with Crippen molar-refractivity contribution in [3.05, 3.63) is 38.9 Å². The van der Waals surface area contributed by atoms with Crippen molar-refractivity contribution in [1.82, 2.24) is 19.4 Å². The van der Waals surface area contributed by atoms with Gasteiger partial charge in [0, 0.05) is 36.7 Å². The molecule has 2 heterocycles. The zero-order valence-corrected chi connectivity index (χ0v) is 18.3. The fraction of sp³-hybridized carbons (Fsp3) is 0.550. The Morgan fingerprint density at radius 2 is 1.96 bits per heavy atom. The average molecular weight is 451 g/mol. The normalized spacial score (nSPS) is 21.8.